The van der Waals surface area contributed by atoms with Crippen molar-refractivity contribution in [2.45, 2.75) is 11.3 Å². The van der Waals surface area contributed by atoms with Gasteiger partial charge in [0.05, 0.1) is 22.7 Å². The summed E-state index contributed by atoms with van der Waals surface area (Å²) in [6, 6.07) is 3.93. The van der Waals surface area contributed by atoms with Crippen LogP contribution in [0.15, 0.2) is 23.1 Å². The average Bonchev–Trinajstić information content (AvgIpc) is 2.51. The van der Waals surface area contributed by atoms with Crippen molar-refractivity contribution in [2.75, 3.05) is 52.0 Å². The van der Waals surface area contributed by atoms with Crippen LogP contribution in [0.5, 0.6) is 0 Å². The molecule has 9 nitrogen and oxygen atoms in total. The highest BCUT2D eigenvalue weighted by atomic mass is 32.2. The highest BCUT2D eigenvalue weighted by Gasteiger charge is 2.20. The molecule has 0 radical (unpaired) electrons. The number of nitrogens with one attached hydrogen (secondary N) is 1. The van der Waals surface area contributed by atoms with Gasteiger partial charge in [-0.15, -0.1) is 0 Å². The van der Waals surface area contributed by atoms with Crippen molar-refractivity contribution in [1.29, 1.82) is 0 Å². The second-order valence-corrected chi connectivity index (χ2v) is 8.01. The van der Waals surface area contributed by atoms with E-state index in [0.717, 1.165) is 4.31 Å². The summed E-state index contributed by atoms with van der Waals surface area (Å²) in [6.45, 7) is 0.0359. The van der Waals surface area contributed by atoms with Crippen LogP contribution in [-0.4, -0.2) is 76.5 Å². The van der Waals surface area contributed by atoms with Gasteiger partial charge in [-0.05, 0) is 18.2 Å². The number of amides is 2. The van der Waals surface area contributed by atoms with Gasteiger partial charge in [-0.3, -0.25) is 4.79 Å². The Bertz CT molecular complexity index is 746. The van der Waals surface area contributed by atoms with Crippen LogP contribution in [-0.2, 0) is 14.8 Å². The lowest BCUT2D eigenvalue weighted by atomic mass is 10.2. The molecule has 2 N–H and O–H groups in total. The highest BCUT2D eigenvalue weighted by molar-refractivity contribution is 7.89. The Morgan fingerprint density at radius 1 is 1.12 bits per heavy atom. The fraction of sp³-hybridized carbons (Fsp3) is 0.467. The minimum atomic E-state index is -3.65. The third-order valence-corrected chi connectivity index (χ3v) is 5.29. The Labute approximate surface area is 147 Å². The Kier molecular flexibility index (Phi) is 6.77. The maximum absolute atomic E-state index is 12.3. The van der Waals surface area contributed by atoms with E-state index in [9.17, 15) is 18.0 Å². The monoisotopic (exact) mass is 372 g/mol. The van der Waals surface area contributed by atoms with E-state index in [2.05, 4.69) is 5.32 Å². The molecule has 0 aliphatic rings. The number of nitrogens with zero attached hydrogens (tertiary/aromatic N) is 3. The third kappa shape index (κ3) is 5.33. The minimum absolute atomic E-state index is 0.0359. The van der Waals surface area contributed by atoms with E-state index in [4.69, 9.17) is 5.11 Å². The first-order valence-electron chi connectivity index (χ1n) is 7.44. The van der Waals surface area contributed by atoms with Crippen LogP contribution in [0, 0.1) is 0 Å². The van der Waals surface area contributed by atoms with E-state index in [1.165, 1.54) is 38.2 Å². The highest BCUT2D eigenvalue weighted by Crippen LogP contribution is 2.28. The zero-order valence-electron chi connectivity index (χ0n) is 15.0. The van der Waals surface area contributed by atoms with Crippen LogP contribution in [0.1, 0.15) is 6.42 Å². The molecule has 140 valence electrons. The van der Waals surface area contributed by atoms with E-state index in [1.807, 2.05) is 0 Å². The van der Waals surface area contributed by atoms with Gasteiger partial charge in [0, 0.05) is 41.8 Å². The topological polar surface area (TPSA) is 110 Å². The number of benzene rings is 1. The van der Waals surface area contributed by atoms with Crippen LogP contribution in [0.4, 0.5) is 16.2 Å². The van der Waals surface area contributed by atoms with E-state index < -0.39 is 22.0 Å². The van der Waals surface area contributed by atoms with E-state index in [1.54, 1.807) is 25.1 Å². The smallest absolute Gasteiger partial charge is 0.321 e. The SMILES string of the molecule is CN(CCC(=O)O)C(=O)Nc1cc(S(=O)(=O)N(C)C)ccc1N(C)C. The average molecular weight is 372 g/mol. The van der Waals surface area contributed by atoms with Gasteiger partial charge in [0.25, 0.3) is 0 Å². The molecule has 0 heterocycles. The molecule has 0 bridgehead atoms. The summed E-state index contributed by atoms with van der Waals surface area (Å²) in [6.07, 6.45) is -0.181. The molecule has 0 aliphatic carbocycles. The molecule has 0 saturated heterocycles. The largest absolute Gasteiger partial charge is 0.481 e. The van der Waals surface area contributed by atoms with Gasteiger partial charge >= 0.3 is 12.0 Å². The van der Waals surface area contributed by atoms with Gasteiger partial charge in [0.2, 0.25) is 10.0 Å². The first-order valence-corrected chi connectivity index (χ1v) is 8.88. The van der Waals surface area contributed by atoms with Crippen molar-refractivity contribution < 1.29 is 23.1 Å². The van der Waals surface area contributed by atoms with Gasteiger partial charge < -0.3 is 20.2 Å². The number of urea groups is 1. The van der Waals surface area contributed by atoms with Crippen LogP contribution in [0.3, 0.4) is 0 Å². The summed E-state index contributed by atoms with van der Waals surface area (Å²) in [5.41, 5.74) is 0.942. The molecule has 0 unspecified atom stereocenters. The fourth-order valence-corrected chi connectivity index (χ4v) is 2.88. The van der Waals surface area contributed by atoms with Crippen LogP contribution in [0.25, 0.3) is 0 Å². The normalized spacial score (nSPS) is 11.3. The number of carbonyl (C=O) groups excluding carboxylic acids is 1. The summed E-state index contributed by atoms with van der Waals surface area (Å²) in [7, 11) is 4.19. The molecule has 2 amide bonds. The number of aliphatic carboxylic acids is 1. The summed E-state index contributed by atoms with van der Waals surface area (Å²) >= 11 is 0. The Morgan fingerprint density at radius 2 is 1.72 bits per heavy atom. The number of carbonyl (C=O) groups is 2. The second-order valence-electron chi connectivity index (χ2n) is 5.86. The lowest BCUT2D eigenvalue weighted by Crippen LogP contribution is -2.33. The minimum Gasteiger partial charge on any atom is -0.481 e. The molecule has 0 spiro atoms. The van der Waals surface area contributed by atoms with Crippen LogP contribution >= 0.6 is 0 Å². The number of hydrogen-bond acceptors (Lipinski definition) is 5. The lowest BCUT2D eigenvalue weighted by molar-refractivity contribution is -0.137. The summed E-state index contributed by atoms with van der Waals surface area (Å²) < 4.78 is 25.7. The molecule has 0 saturated carbocycles. The Balaban J connectivity index is 3.15. The third-order valence-electron chi connectivity index (χ3n) is 3.48. The zero-order valence-corrected chi connectivity index (χ0v) is 15.8. The summed E-state index contributed by atoms with van der Waals surface area (Å²) in [5.74, 6) is -1.01. The molecule has 1 aromatic carbocycles. The second kappa shape index (κ2) is 8.17. The Morgan fingerprint density at radius 3 is 2.20 bits per heavy atom. The first kappa shape index (κ1) is 20.7. The molecule has 1 rings (SSSR count). The molecular weight excluding hydrogens is 348 g/mol. The molecule has 10 heteroatoms. The zero-order chi connectivity index (χ0) is 19.4. The van der Waals surface area contributed by atoms with E-state index >= 15 is 0 Å². The quantitative estimate of drug-likeness (QED) is 0.737. The number of anilines is 2. The van der Waals surface area contributed by atoms with Crippen molar-refractivity contribution in [3.63, 3.8) is 0 Å². The van der Waals surface area contributed by atoms with Crippen LogP contribution < -0.4 is 10.2 Å². The lowest BCUT2D eigenvalue weighted by Gasteiger charge is -2.22. The number of sulfonamides is 1. The van der Waals surface area contributed by atoms with Crippen LogP contribution in [0.2, 0.25) is 0 Å². The van der Waals surface area contributed by atoms with Crippen molar-refractivity contribution in [2.24, 2.45) is 0 Å². The van der Waals surface area contributed by atoms with Crippen molar-refractivity contribution in [3.8, 4) is 0 Å². The van der Waals surface area contributed by atoms with Crippen molar-refractivity contribution >= 4 is 33.4 Å². The van der Waals surface area contributed by atoms with Crippen molar-refractivity contribution in [3.05, 3.63) is 18.2 Å². The van der Waals surface area contributed by atoms with Gasteiger partial charge in [0.1, 0.15) is 0 Å². The standard InChI is InChI=1S/C15H24N4O5S/c1-17(2)13-7-6-11(25(23,24)18(3)4)10-12(13)16-15(22)19(5)9-8-14(20)21/h6-7,10H,8-9H2,1-5H3,(H,16,22)(H,20,21). The number of hydrogen-bond donors (Lipinski definition) is 2. The number of rotatable bonds is 7. The predicted octanol–water partition coefficient (Wildman–Crippen LogP) is 0.941. The maximum atomic E-state index is 12.3. The van der Waals surface area contributed by atoms with Crippen molar-refractivity contribution in [1.82, 2.24) is 9.21 Å². The maximum Gasteiger partial charge on any atom is 0.321 e. The van der Waals surface area contributed by atoms with E-state index in [0.29, 0.717) is 11.4 Å². The molecule has 0 fully saturated rings. The van der Waals surface area contributed by atoms with Gasteiger partial charge in [-0.1, -0.05) is 0 Å². The van der Waals surface area contributed by atoms with Gasteiger partial charge in [-0.25, -0.2) is 17.5 Å². The van der Waals surface area contributed by atoms with Gasteiger partial charge in [0.15, 0.2) is 0 Å². The first-order chi connectivity index (χ1) is 11.5. The molecule has 0 aliphatic heterocycles. The molecule has 0 aromatic heterocycles. The Hall–Kier alpha value is -2.33. The molecule has 1 aromatic rings. The number of carboxylic acids is 1. The van der Waals surface area contributed by atoms with Gasteiger partial charge in [-0.2, -0.15) is 0 Å². The molecule has 0 atom stereocenters. The fourth-order valence-electron chi connectivity index (χ4n) is 1.95. The number of carboxylic acid groups (broad SMARTS) is 1. The summed E-state index contributed by atoms with van der Waals surface area (Å²) in [4.78, 5) is 25.9. The molecular formula is C15H24N4O5S. The molecule has 25 heavy (non-hydrogen) atoms. The predicted molar refractivity (Wildman–Crippen MR) is 95.5 cm³/mol. The summed E-state index contributed by atoms with van der Waals surface area (Å²) in [5, 5.41) is 11.3. The van der Waals surface area contributed by atoms with E-state index in [-0.39, 0.29) is 17.9 Å².